The summed E-state index contributed by atoms with van der Waals surface area (Å²) in [6.45, 7) is 2.12. The van der Waals surface area contributed by atoms with Gasteiger partial charge in [0.2, 0.25) is 5.88 Å². The highest BCUT2D eigenvalue weighted by molar-refractivity contribution is 8.00. The first-order valence-corrected chi connectivity index (χ1v) is 12.0. The maximum Gasteiger partial charge on any atom is 0.433 e. The van der Waals surface area contributed by atoms with Crippen molar-refractivity contribution in [3.63, 3.8) is 0 Å². The number of amides is 1. The van der Waals surface area contributed by atoms with Gasteiger partial charge in [-0.05, 0) is 44.4 Å². The molecule has 0 radical (unpaired) electrons. The molecule has 0 saturated carbocycles. The van der Waals surface area contributed by atoms with Gasteiger partial charge in [-0.2, -0.15) is 13.2 Å². The van der Waals surface area contributed by atoms with Crippen molar-refractivity contribution in [1.82, 2.24) is 19.5 Å². The van der Waals surface area contributed by atoms with E-state index in [0.717, 1.165) is 36.4 Å². The number of aryl methyl sites for hydroxylation is 1. The SMILES string of the molecule is CC1(c2cn(-c3ncc(NC(=O)C4CCc5ccc(C(F)(F)F)nc5O4)cc3F)cn2)CCCS1. The monoisotopic (exact) mass is 507 g/mol. The van der Waals surface area contributed by atoms with E-state index >= 15 is 0 Å². The average molecular weight is 508 g/mol. The number of aromatic nitrogens is 4. The molecule has 7 nitrogen and oxygen atoms in total. The van der Waals surface area contributed by atoms with E-state index in [2.05, 4.69) is 27.2 Å². The number of pyridine rings is 2. The molecule has 3 aromatic heterocycles. The lowest BCUT2D eigenvalue weighted by Gasteiger charge is -2.25. The van der Waals surface area contributed by atoms with E-state index in [-0.39, 0.29) is 28.6 Å². The number of ether oxygens (including phenoxy) is 1. The van der Waals surface area contributed by atoms with Crippen LogP contribution in [-0.2, 0) is 22.1 Å². The smallest absolute Gasteiger partial charge is 0.433 e. The number of fused-ring (bicyclic) bond motifs is 1. The highest BCUT2D eigenvalue weighted by atomic mass is 32.2. The molecule has 3 aromatic rings. The molecule has 35 heavy (non-hydrogen) atoms. The Balaban J connectivity index is 1.28. The molecule has 5 heterocycles. The van der Waals surface area contributed by atoms with E-state index in [4.69, 9.17) is 4.74 Å². The Morgan fingerprint density at radius 2 is 2.14 bits per heavy atom. The van der Waals surface area contributed by atoms with Gasteiger partial charge in [-0.3, -0.25) is 9.36 Å². The summed E-state index contributed by atoms with van der Waals surface area (Å²) < 4.78 is 60.5. The molecule has 0 spiro atoms. The first-order valence-electron chi connectivity index (χ1n) is 11.0. The maximum atomic E-state index is 14.8. The molecule has 2 aliphatic heterocycles. The summed E-state index contributed by atoms with van der Waals surface area (Å²) in [7, 11) is 0. The Kier molecular flexibility index (Phi) is 5.94. The van der Waals surface area contributed by atoms with Crippen LogP contribution in [0.1, 0.15) is 43.1 Å². The molecule has 184 valence electrons. The van der Waals surface area contributed by atoms with Gasteiger partial charge < -0.3 is 10.1 Å². The topological polar surface area (TPSA) is 81.9 Å². The van der Waals surface area contributed by atoms with Gasteiger partial charge >= 0.3 is 6.18 Å². The van der Waals surface area contributed by atoms with E-state index < -0.39 is 29.7 Å². The largest absolute Gasteiger partial charge is 0.464 e. The molecule has 5 rings (SSSR count). The third-order valence-electron chi connectivity index (χ3n) is 6.13. The molecule has 1 fully saturated rings. The lowest BCUT2D eigenvalue weighted by atomic mass is 10.0. The molecule has 2 aliphatic rings. The summed E-state index contributed by atoms with van der Waals surface area (Å²) in [4.78, 5) is 24.7. The second-order valence-electron chi connectivity index (χ2n) is 8.67. The first-order chi connectivity index (χ1) is 16.6. The van der Waals surface area contributed by atoms with Gasteiger partial charge in [0.25, 0.3) is 5.91 Å². The van der Waals surface area contributed by atoms with Crippen molar-refractivity contribution in [2.45, 2.75) is 49.6 Å². The number of nitrogens with zero attached hydrogens (tertiary/aromatic N) is 4. The zero-order valence-electron chi connectivity index (χ0n) is 18.6. The van der Waals surface area contributed by atoms with Crippen LogP contribution in [0.2, 0.25) is 0 Å². The van der Waals surface area contributed by atoms with E-state index in [9.17, 15) is 22.4 Å². The number of halogens is 4. The van der Waals surface area contributed by atoms with Crippen LogP contribution in [0.25, 0.3) is 5.82 Å². The highest BCUT2D eigenvalue weighted by Gasteiger charge is 2.36. The number of alkyl halides is 3. The summed E-state index contributed by atoms with van der Waals surface area (Å²) in [6, 6.07) is 3.31. The molecule has 0 aliphatic carbocycles. The fraction of sp³-hybridized carbons (Fsp3) is 0.391. The highest BCUT2D eigenvalue weighted by Crippen LogP contribution is 2.45. The van der Waals surface area contributed by atoms with Gasteiger partial charge in [0.15, 0.2) is 17.7 Å². The minimum absolute atomic E-state index is 0.0417. The van der Waals surface area contributed by atoms with Crippen LogP contribution in [0.5, 0.6) is 5.88 Å². The summed E-state index contributed by atoms with van der Waals surface area (Å²) in [5, 5.41) is 2.52. The van der Waals surface area contributed by atoms with Gasteiger partial charge in [0, 0.05) is 17.8 Å². The van der Waals surface area contributed by atoms with Gasteiger partial charge in [-0.15, -0.1) is 11.8 Å². The zero-order valence-corrected chi connectivity index (χ0v) is 19.4. The maximum absolute atomic E-state index is 14.8. The van der Waals surface area contributed by atoms with Crippen LogP contribution in [0.3, 0.4) is 0 Å². The van der Waals surface area contributed by atoms with Gasteiger partial charge in [-0.25, -0.2) is 19.3 Å². The Labute approximate surface area is 202 Å². The minimum atomic E-state index is -4.62. The van der Waals surface area contributed by atoms with Crippen molar-refractivity contribution in [3.8, 4) is 11.7 Å². The van der Waals surface area contributed by atoms with E-state index in [0.29, 0.717) is 12.0 Å². The lowest BCUT2D eigenvalue weighted by Crippen LogP contribution is -2.36. The molecule has 0 bridgehead atoms. The number of carbonyl (C=O) groups excluding carboxylic acids is 1. The van der Waals surface area contributed by atoms with Crippen molar-refractivity contribution in [2.24, 2.45) is 0 Å². The molecule has 0 aromatic carbocycles. The molecular weight excluding hydrogens is 486 g/mol. The Bertz CT molecular complexity index is 1270. The fourth-order valence-electron chi connectivity index (χ4n) is 4.19. The Hall–Kier alpha value is -3.15. The molecule has 2 unspecified atom stereocenters. The second-order valence-corrected chi connectivity index (χ2v) is 10.3. The lowest BCUT2D eigenvalue weighted by molar-refractivity contribution is -0.141. The first kappa shape index (κ1) is 23.6. The number of imidazole rings is 1. The van der Waals surface area contributed by atoms with E-state index in [1.54, 1.807) is 6.20 Å². The van der Waals surface area contributed by atoms with Crippen LogP contribution >= 0.6 is 11.8 Å². The third kappa shape index (κ3) is 4.71. The molecule has 1 amide bonds. The van der Waals surface area contributed by atoms with Crippen molar-refractivity contribution < 1.29 is 27.1 Å². The number of anilines is 1. The van der Waals surface area contributed by atoms with Crippen molar-refractivity contribution >= 4 is 23.4 Å². The Morgan fingerprint density at radius 3 is 2.86 bits per heavy atom. The summed E-state index contributed by atoms with van der Waals surface area (Å²) in [5.74, 6) is -0.418. The number of thioether (sulfide) groups is 1. The normalized spacial score (nSPS) is 21.9. The molecule has 1 saturated heterocycles. The zero-order chi connectivity index (χ0) is 24.8. The van der Waals surface area contributed by atoms with Crippen molar-refractivity contribution in [1.29, 1.82) is 0 Å². The number of hydrogen-bond donors (Lipinski definition) is 1. The average Bonchev–Trinajstić information content (AvgIpc) is 3.48. The summed E-state index contributed by atoms with van der Waals surface area (Å²) in [5.41, 5.74) is 0.350. The van der Waals surface area contributed by atoms with Crippen molar-refractivity contribution in [2.75, 3.05) is 11.1 Å². The van der Waals surface area contributed by atoms with Gasteiger partial charge in [0.05, 0.1) is 22.3 Å². The van der Waals surface area contributed by atoms with Crippen LogP contribution in [0.15, 0.2) is 36.9 Å². The van der Waals surface area contributed by atoms with Crippen molar-refractivity contribution in [3.05, 3.63) is 59.7 Å². The minimum Gasteiger partial charge on any atom is -0.464 e. The molecule has 1 N–H and O–H groups in total. The quantitative estimate of drug-likeness (QED) is 0.507. The second kappa shape index (κ2) is 8.81. The van der Waals surface area contributed by atoms with E-state index in [1.807, 2.05) is 11.8 Å². The van der Waals surface area contributed by atoms with Crippen LogP contribution in [-0.4, -0.2) is 37.3 Å². The standard InChI is InChI=1S/C23H21F4N5O2S/c1-22(7-2-8-35-22)18-11-32(12-29-18)19-15(24)9-14(10-28-19)30-20(33)16-5-3-13-4-6-17(23(25,26)27)31-21(13)34-16/h4,6,9-12,16H,2-3,5,7-8H2,1H3,(H,30,33). The summed E-state index contributed by atoms with van der Waals surface area (Å²) in [6.07, 6.45) is 1.55. The number of carbonyl (C=O) groups is 1. The van der Waals surface area contributed by atoms with Gasteiger partial charge in [-0.1, -0.05) is 6.07 Å². The van der Waals surface area contributed by atoms with Crippen LogP contribution in [0, 0.1) is 5.82 Å². The number of rotatable bonds is 4. The fourth-order valence-corrected chi connectivity index (χ4v) is 5.47. The number of hydrogen-bond acceptors (Lipinski definition) is 6. The van der Waals surface area contributed by atoms with Gasteiger partial charge in [0.1, 0.15) is 12.0 Å². The number of nitrogens with one attached hydrogen (secondary N) is 1. The summed E-state index contributed by atoms with van der Waals surface area (Å²) >= 11 is 1.82. The third-order valence-corrected chi connectivity index (χ3v) is 7.67. The van der Waals surface area contributed by atoms with Crippen LogP contribution < -0.4 is 10.1 Å². The predicted molar refractivity (Wildman–Crippen MR) is 121 cm³/mol. The van der Waals surface area contributed by atoms with Crippen LogP contribution in [0.4, 0.5) is 23.2 Å². The molecule has 2 atom stereocenters. The molecule has 12 heteroatoms. The predicted octanol–water partition coefficient (Wildman–Crippen LogP) is 4.89. The Morgan fingerprint density at radius 1 is 1.31 bits per heavy atom. The van der Waals surface area contributed by atoms with E-state index in [1.165, 1.54) is 23.2 Å². The molecular formula is C23H21F4N5O2S.